The molecule has 15 nitrogen and oxygen atoms in total. The Bertz CT molecular complexity index is 4620. The predicted molar refractivity (Wildman–Crippen MR) is 363 cm³/mol. The fourth-order valence-corrected chi connectivity index (χ4v) is 11.9. The molecule has 2 N–H and O–H groups in total. The van der Waals surface area contributed by atoms with Crippen molar-refractivity contribution in [2.45, 2.75) is 63.2 Å². The number of aryl methyl sites for hydroxylation is 2. The van der Waals surface area contributed by atoms with Crippen LogP contribution in [0.15, 0.2) is 152 Å². The number of carboxylic acids is 1. The summed E-state index contributed by atoms with van der Waals surface area (Å²) in [5.74, 6) is -1.72. The molecule has 1 saturated carbocycles. The van der Waals surface area contributed by atoms with Crippen LogP contribution in [0.3, 0.4) is 0 Å². The largest absolute Gasteiger partial charge is 1.00 e. The number of halogens is 18. The molecule has 0 aliphatic heterocycles. The number of carbonyl (C=O) groups is 7. The summed E-state index contributed by atoms with van der Waals surface area (Å²) in [5.41, 5.74) is 2.10. The first kappa shape index (κ1) is 96.3. The van der Waals surface area contributed by atoms with E-state index in [4.69, 9.17) is 85.6 Å². The zero-order chi connectivity index (χ0) is 78.5. The van der Waals surface area contributed by atoms with E-state index in [0.29, 0.717) is 89.1 Å². The van der Waals surface area contributed by atoms with Gasteiger partial charge in [-0.1, -0.05) is 76.7 Å². The fourth-order valence-electron chi connectivity index (χ4n) is 10.5. The molecule has 0 bridgehead atoms. The van der Waals surface area contributed by atoms with E-state index < -0.39 is 75.6 Å². The Kier molecular flexibility index (Phi) is 37.4. The van der Waals surface area contributed by atoms with Gasteiger partial charge >= 0.3 is 174 Å². The first-order chi connectivity index (χ1) is 49.6. The topological polar surface area (TPSA) is 229 Å². The van der Waals surface area contributed by atoms with Crippen LogP contribution in [0.4, 0.5) is 57.1 Å². The van der Waals surface area contributed by atoms with Gasteiger partial charge in [-0.05, 0) is 180 Å². The molecule has 5 aliphatic carbocycles. The van der Waals surface area contributed by atoms with Gasteiger partial charge in [-0.2, -0.15) is 52.7 Å². The molecule has 0 amide bonds. The molecule has 0 saturated heterocycles. The molecule has 109 heavy (non-hydrogen) atoms. The number of esters is 1. The number of fused-ring (bicyclic) bond motifs is 6. The summed E-state index contributed by atoms with van der Waals surface area (Å²) in [7, 11) is 0.178. The maximum atomic E-state index is 12.7. The molecule has 0 aromatic heterocycles. The summed E-state index contributed by atoms with van der Waals surface area (Å²) in [4.78, 5) is 79.7. The molecule has 5 aliphatic rings. The van der Waals surface area contributed by atoms with Gasteiger partial charge in [0, 0.05) is 46.9 Å². The maximum absolute atomic E-state index is 12.7. The minimum absolute atomic E-state index is 0. The SMILES string of the molecule is CCOC(=O)C[S+](C)C.Fc1ccc(C(F)(F)F)cc1Cl.O=C(O)[C@@H]1C2c3ccc(Oc4ccc(C(F)(F)F)cc4Cl)cc3C(=O)[C@H]21.O=C1C=Cc2ccc(Oc3ccc(C(F)(F)F)cc3Cl)cc21.O=C1CCc2ccc(O)cc21.O=C1CCc2ccc(Oc3ccc(C(F)(F)F)cc3Cl)cc21.O=CO[O-].[Br-].[Cs+].[Cs+].[H-]. The molecule has 1 fully saturated rings. The van der Waals surface area contributed by atoms with Crippen LogP contribution in [0.1, 0.15) is 113 Å². The van der Waals surface area contributed by atoms with Crippen molar-refractivity contribution in [2.24, 2.45) is 11.8 Å². The Morgan fingerprint density at radius 3 is 1.34 bits per heavy atom. The van der Waals surface area contributed by atoms with E-state index in [1.165, 1.54) is 24.3 Å². The second kappa shape index (κ2) is 42.3. The number of ketones is 4. The Morgan fingerprint density at radius 2 is 0.936 bits per heavy atom. The van der Waals surface area contributed by atoms with E-state index in [1.54, 1.807) is 60.7 Å². The van der Waals surface area contributed by atoms with Crippen molar-refractivity contribution in [2.75, 3.05) is 24.9 Å². The number of aromatic hydroxyl groups is 1. The van der Waals surface area contributed by atoms with Crippen LogP contribution in [0, 0.1) is 17.7 Å². The third kappa shape index (κ3) is 27.3. The smallest absolute Gasteiger partial charge is 1.00 e. The van der Waals surface area contributed by atoms with Crippen molar-refractivity contribution < 1.29 is 286 Å². The number of ether oxygens (including phenoxy) is 4. The van der Waals surface area contributed by atoms with Crippen molar-refractivity contribution in [3.63, 3.8) is 0 Å². The van der Waals surface area contributed by atoms with Crippen molar-refractivity contribution in [1.29, 1.82) is 0 Å². The van der Waals surface area contributed by atoms with Crippen LogP contribution in [-0.2, 0) is 72.4 Å². The summed E-state index contributed by atoms with van der Waals surface area (Å²) in [6.07, 6.45) is -8.13. The van der Waals surface area contributed by atoms with Crippen LogP contribution < -0.4 is 174 Å². The zero-order valence-electron chi connectivity index (χ0n) is 58.0. The number of phenolic OH excluding ortho intramolecular Hbond substituents is 1. The normalized spacial score (nSPS) is 14.9. The molecule has 1 unspecified atom stereocenters. The standard InChI is InChI=1S/C18H10ClF3O4.C16H10ClF3O2.C16H8ClF3O2.C9H8O2.C7H3ClF4.C6H13O2S.CH2O3.BrH.2Cs.H/c19-11-5-7(18(20,21)22)1-4-12(11)26-8-2-3-9-10(6-8)16(23)14-13(9)15(14)17(24)25;2*17-13-7-10(16(18,19)20)3-6-15(13)22-11-4-1-9-2-5-14(21)12(9)8-11;10-7-3-1-6-2-4-9(11)8(6)5-7;8-5-3-4(7(10,11)12)1-2-6(5)9;1-4-8-6(7)5-9(2)3;2-1-4-3;;;;/h1-6,13-15H,(H,24,25);1,3-4,6-8H,2,5H2;1-8H;1,3,5,10H,2,4H2;1-3H;4-5H2,1-3H3;1,3H;1H;;;/q;;;;;+1;;;2*+1;-1/p-2/t13?,14-,15-;;;;;;;;;;/m1........../s1. The van der Waals surface area contributed by atoms with Gasteiger partial charge in [0.25, 0.3) is 6.47 Å². The van der Waals surface area contributed by atoms with Crippen LogP contribution in [0.5, 0.6) is 40.2 Å². The number of phenols is 1. The molecular formula is C73H54BrCl4Cs2F13O15S. The summed E-state index contributed by atoms with van der Waals surface area (Å²) >= 11 is 22.7. The molecule has 0 spiro atoms. The molecule has 0 heterocycles. The van der Waals surface area contributed by atoms with Crippen molar-refractivity contribution in [3.8, 4) is 40.2 Å². The van der Waals surface area contributed by atoms with Crippen LogP contribution in [0.2, 0.25) is 20.1 Å². The van der Waals surface area contributed by atoms with Crippen LogP contribution >= 0.6 is 46.4 Å². The van der Waals surface area contributed by atoms with Gasteiger partial charge in [-0.3, -0.25) is 28.8 Å². The molecule has 13 rings (SSSR count). The van der Waals surface area contributed by atoms with E-state index in [-0.39, 0.29) is 252 Å². The minimum Gasteiger partial charge on any atom is -1.00 e. The Labute approximate surface area is 764 Å². The third-order valence-corrected chi connectivity index (χ3v) is 17.4. The fraction of sp³-hybridized carbons (Fsp3) is 0.219. The summed E-state index contributed by atoms with van der Waals surface area (Å²) in [5, 5.41) is 25.6. The number of rotatable bonds is 11. The van der Waals surface area contributed by atoms with Gasteiger partial charge in [-0.15, -0.1) is 0 Å². The van der Waals surface area contributed by atoms with E-state index in [9.17, 15) is 85.8 Å². The molecule has 3 atom stereocenters. The first-order valence-electron chi connectivity index (χ1n) is 30.5. The van der Waals surface area contributed by atoms with Crippen molar-refractivity contribution in [1.82, 2.24) is 0 Å². The zero-order valence-corrected chi connectivity index (χ0v) is 75.0. The van der Waals surface area contributed by atoms with E-state index in [1.807, 2.05) is 25.5 Å². The second-order valence-corrected chi connectivity index (χ2v) is 26.9. The number of carboxylic acid groups (broad SMARTS) is 1. The summed E-state index contributed by atoms with van der Waals surface area (Å²) in [6.45, 7) is 2.14. The number of allylic oxidation sites excluding steroid dienone is 1. The molecule has 570 valence electrons. The van der Waals surface area contributed by atoms with Gasteiger partial charge < -0.3 is 57.7 Å². The molecule has 36 heteroatoms. The molecule has 8 aromatic rings. The molecule has 0 radical (unpaired) electrons. The number of carbonyl (C=O) groups excluding carboxylic acids is 6. The van der Waals surface area contributed by atoms with E-state index in [0.717, 1.165) is 71.6 Å². The van der Waals surface area contributed by atoms with Crippen LogP contribution in [0.25, 0.3) is 6.08 Å². The number of alkyl halides is 12. The van der Waals surface area contributed by atoms with Gasteiger partial charge in [0.2, 0.25) is 5.75 Å². The van der Waals surface area contributed by atoms with Gasteiger partial charge in [0.05, 0.1) is 67.4 Å². The number of benzene rings is 8. The Morgan fingerprint density at radius 1 is 0.541 bits per heavy atom. The summed E-state index contributed by atoms with van der Waals surface area (Å²) < 4.78 is 183. The minimum atomic E-state index is -4.51. The van der Waals surface area contributed by atoms with Crippen LogP contribution in [-0.4, -0.2) is 76.6 Å². The second-order valence-electron chi connectivity index (χ2n) is 23.0. The monoisotopic (exact) mass is 1930 g/mol. The number of aliphatic carboxylic acids is 1. The Hall–Kier alpha value is -5.07. The summed E-state index contributed by atoms with van der Waals surface area (Å²) in [6, 6.07) is 29.9. The third-order valence-electron chi connectivity index (χ3n) is 15.4. The average molecular weight is 1940 g/mol. The number of Topliss-reactive ketones (excluding diaryl/α,β-unsaturated/α-hetero) is 3. The van der Waals surface area contributed by atoms with E-state index in [2.05, 4.69) is 4.89 Å². The number of hydrogen-bond acceptors (Lipinski definition) is 14. The average Bonchev–Trinajstić information content (AvgIpc) is 1.53. The van der Waals surface area contributed by atoms with Crippen molar-refractivity contribution >= 4 is 105 Å². The van der Waals surface area contributed by atoms with E-state index >= 15 is 0 Å². The van der Waals surface area contributed by atoms with Gasteiger partial charge in [-0.25, -0.2) is 9.18 Å². The molecular weight excluding hydrogens is 1880 g/mol. The first-order valence-corrected chi connectivity index (χ1v) is 34.2. The predicted octanol–water partition coefficient (Wildman–Crippen LogP) is 10.4. The van der Waals surface area contributed by atoms with Crippen molar-refractivity contribution in [3.05, 3.63) is 244 Å². The van der Waals surface area contributed by atoms with Gasteiger partial charge in [0.1, 0.15) is 46.1 Å². The number of hydrogen-bond donors (Lipinski definition) is 2. The maximum Gasteiger partial charge on any atom is 1.00 e. The van der Waals surface area contributed by atoms with Gasteiger partial charge in [0.15, 0.2) is 23.1 Å². The quantitative estimate of drug-likeness (QED) is 0.0306. The Balaban J connectivity index is 0.000000348. The molecule has 8 aromatic carbocycles.